The minimum Gasteiger partial charge on any atom is -0.318 e. The highest BCUT2D eigenvalue weighted by molar-refractivity contribution is 6.01. The number of nitrogens with one attached hydrogen (secondary N) is 1. The molecule has 0 spiro atoms. The predicted molar refractivity (Wildman–Crippen MR) is 66.7 cm³/mol. The van der Waals surface area contributed by atoms with Gasteiger partial charge in [0.25, 0.3) is 0 Å². The molecule has 98 valence electrons. The summed E-state index contributed by atoms with van der Waals surface area (Å²) in [5, 5.41) is 3.34. The summed E-state index contributed by atoms with van der Waals surface area (Å²) < 4.78 is 0. The summed E-state index contributed by atoms with van der Waals surface area (Å²) in [6.45, 7) is 6.01. The Kier molecular flexibility index (Phi) is 5.41. The molecule has 1 saturated heterocycles. The van der Waals surface area contributed by atoms with Crippen molar-refractivity contribution in [1.29, 1.82) is 0 Å². The Morgan fingerprint density at radius 3 is 2.59 bits per heavy atom. The van der Waals surface area contributed by atoms with Gasteiger partial charge in [0.15, 0.2) is 0 Å². The maximum absolute atomic E-state index is 11.6. The van der Waals surface area contributed by atoms with E-state index < -0.39 is 0 Å². The Labute approximate surface area is 103 Å². The molecule has 1 unspecified atom stereocenters. The van der Waals surface area contributed by atoms with Crippen molar-refractivity contribution in [2.75, 3.05) is 26.7 Å². The Morgan fingerprint density at radius 1 is 1.35 bits per heavy atom. The molecule has 1 atom stereocenters. The number of unbranched alkanes of at least 4 members (excludes halogenated alkanes) is 1. The molecule has 0 aliphatic carbocycles. The quantitative estimate of drug-likeness (QED) is 0.535. The van der Waals surface area contributed by atoms with Crippen LogP contribution >= 0.6 is 0 Å². The first-order valence-electron chi connectivity index (χ1n) is 6.35. The van der Waals surface area contributed by atoms with Crippen LogP contribution in [0.4, 0.5) is 4.79 Å². The highest BCUT2D eigenvalue weighted by Crippen LogP contribution is 2.10. The molecule has 3 amide bonds. The SMILES string of the molecule is CCNC(C)CCCCN1C(=O)CN(C)C1=O. The minimum absolute atomic E-state index is 0.0720. The number of imide groups is 1. The number of rotatable bonds is 7. The summed E-state index contributed by atoms with van der Waals surface area (Å²) in [5.74, 6) is -0.0720. The number of urea groups is 1. The Bertz CT molecular complexity index is 281. The van der Waals surface area contributed by atoms with E-state index in [1.807, 2.05) is 0 Å². The van der Waals surface area contributed by atoms with Crippen molar-refractivity contribution in [3.05, 3.63) is 0 Å². The summed E-state index contributed by atoms with van der Waals surface area (Å²) in [5.41, 5.74) is 0. The fraction of sp³-hybridized carbons (Fsp3) is 0.833. The van der Waals surface area contributed by atoms with Gasteiger partial charge in [-0.1, -0.05) is 13.3 Å². The standard InChI is InChI=1S/C12H23N3O2/c1-4-13-10(2)7-5-6-8-15-11(16)9-14(3)12(15)17/h10,13H,4-9H2,1-3H3. The summed E-state index contributed by atoms with van der Waals surface area (Å²) >= 11 is 0. The van der Waals surface area contributed by atoms with E-state index in [9.17, 15) is 9.59 Å². The van der Waals surface area contributed by atoms with Crippen molar-refractivity contribution in [2.45, 2.75) is 39.2 Å². The van der Waals surface area contributed by atoms with E-state index in [-0.39, 0.29) is 18.5 Å². The minimum atomic E-state index is -0.158. The van der Waals surface area contributed by atoms with E-state index in [1.54, 1.807) is 7.05 Å². The van der Waals surface area contributed by atoms with Crippen LogP contribution in [-0.4, -0.2) is 54.5 Å². The van der Waals surface area contributed by atoms with Crippen molar-refractivity contribution in [3.63, 3.8) is 0 Å². The van der Waals surface area contributed by atoms with Crippen LogP contribution in [0.5, 0.6) is 0 Å². The molecule has 1 rings (SSSR count). The van der Waals surface area contributed by atoms with Gasteiger partial charge in [-0.2, -0.15) is 0 Å². The number of hydrogen-bond acceptors (Lipinski definition) is 3. The average Bonchev–Trinajstić information content (AvgIpc) is 2.50. The normalized spacial score (nSPS) is 18.1. The molecule has 0 aromatic carbocycles. The van der Waals surface area contributed by atoms with Gasteiger partial charge in [-0.3, -0.25) is 9.69 Å². The lowest BCUT2D eigenvalue weighted by molar-refractivity contribution is -0.125. The number of likely N-dealkylation sites (N-methyl/N-ethyl adjacent to an activating group) is 1. The largest absolute Gasteiger partial charge is 0.326 e. The zero-order valence-corrected chi connectivity index (χ0v) is 11.0. The van der Waals surface area contributed by atoms with Gasteiger partial charge in [0.1, 0.15) is 6.54 Å². The van der Waals surface area contributed by atoms with Gasteiger partial charge in [0.2, 0.25) is 5.91 Å². The van der Waals surface area contributed by atoms with E-state index >= 15 is 0 Å². The van der Waals surface area contributed by atoms with E-state index in [0.717, 1.165) is 25.8 Å². The molecule has 5 nitrogen and oxygen atoms in total. The highest BCUT2D eigenvalue weighted by Gasteiger charge is 2.32. The fourth-order valence-electron chi connectivity index (χ4n) is 2.06. The third-order valence-electron chi connectivity index (χ3n) is 3.05. The van der Waals surface area contributed by atoms with E-state index in [2.05, 4.69) is 19.2 Å². The van der Waals surface area contributed by atoms with Crippen LogP contribution in [0.3, 0.4) is 0 Å². The molecular weight excluding hydrogens is 218 g/mol. The average molecular weight is 241 g/mol. The molecule has 1 heterocycles. The molecule has 17 heavy (non-hydrogen) atoms. The Morgan fingerprint density at radius 2 is 2.06 bits per heavy atom. The Hall–Kier alpha value is -1.10. The molecule has 0 bridgehead atoms. The van der Waals surface area contributed by atoms with Crippen LogP contribution in [0.1, 0.15) is 33.1 Å². The zero-order chi connectivity index (χ0) is 12.8. The maximum atomic E-state index is 11.6. The molecule has 1 N–H and O–H groups in total. The van der Waals surface area contributed by atoms with Crippen LogP contribution in [-0.2, 0) is 4.79 Å². The van der Waals surface area contributed by atoms with E-state index in [1.165, 1.54) is 9.80 Å². The van der Waals surface area contributed by atoms with Gasteiger partial charge in [-0.15, -0.1) is 0 Å². The van der Waals surface area contributed by atoms with Crippen LogP contribution in [0.2, 0.25) is 0 Å². The lowest BCUT2D eigenvalue weighted by Crippen LogP contribution is -2.32. The first kappa shape index (κ1) is 14.0. The van der Waals surface area contributed by atoms with Crippen LogP contribution in [0.15, 0.2) is 0 Å². The number of carbonyl (C=O) groups excluding carboxylic acids is 2. The molecule has 1 aliphatic heterocycles. The summed E-state index contributed by atoms with van der Waals surface area (Å²) in [6, 6.07) is 0.349. The molecule has 1 aliphatic rings. The first-order valence-corrected chi connectivity index (χ1v) is 6.35. The summed E-state index contributed by atoms with van der Waals surface area (Å²) in [7, 11) is 1.66. The van der Waals surface area contributed by atoms with Gasteiger partial charge in [0, 0.05) is 19.6 Å². The second-order valence-electron chi connectivity index (χ2n) is 4.64. The van der Waals surface area contributed by atoms with Crippen LogP contribution < -0.4 is 5.32 Å². The number of carbonyl (C=O) groups is 2. The van der Waals surface area contributed by atoms with Crippen LogP contribution in [0.25, 0.3) is 0 Å². The number of amides is 3. The molecule has 0 radical (unpaired) electrons. The number of nitrogens with zero attached hydrogens (tertiary/aromatic N) is 2. The third-order valence-corrected chi connectivity index (χ3v) is 3.05. The van der Waals surface area contributed by atoms with Gasteiger partial charge < -0.3 is 10.2 Å². The molecule has 5 heteroatoms. The van der Waals surface area contributed by atoms with Gasteiger partial charge in [0.05, 0.1) is 0 Å². The molecule has 0 saturated carbocycles. The number of hydrogen-bond donors (Lipinski definition) is 1. The van der Waals surface area contributed by atoms with Crippen molar-refractivity contribution in [2.24, 2.45) is 0 Å². The second-order valence-corrected chi connectivity index (χ2v) is 4.64. The summed E-state index contributed by atoms with van der Waals surface area (Å²) in [4.78, 5) is 25.9. The van der Waals surface area contributed by atoms with Gasteiger partial charge >= 0.3 is 6.03 Å². The second kappa shape index (κ2) is 6.59. The lowest BCUT2D eigenvalue weighted by Gasteiger charge is -2.15. The van der Waals surface area contributed by atoms with Crippen LogP contribution in [0, 0.1) is 0 Å². The predicted octanol–water partition coefficient (Wildman–Crippen LogP) is 1.05. The van der Waals surface area contributed by atoms with Crippen molar-refractivity contribution in [3.8, 4) is 0 Å². The van der Waals surface area contributed by atoms with Gasteiger partial charge in [-0.05, 0) is 26.3 Å². The topological polar surface area (TPSA) is 52.7 Å². The lowest BCUT2D eigenvalue weighted by atomic mass is 10.1. The molecule has 0 aromatic heterocycles. The van der Waals surface area contributed by atoms with Crippen molar-refractivity contribution >= 4 is 11.9 Å². The monoisotopic (exact) mass is 241 g/mol. The third kappa shape index (κ3) is 4.00. The van der Waals surface area contributed by atoms with Crippen molar-refractivity contribution < 1.29 is 9.59 Å². The fourth-order valence-corrected chi connectivity index (χ4v) is 2.06. The Balaban J connectivity index is 2.18. The van der Waals surface area contributed by atoms with Crippen molar-refractivity contribution in [1.82, 2.24) is 15.1 Å². The van der Waals surface area contributed by atoms with E-state index in [4.69, 9.17) is 0 Å². The first-order chi connectivity index (χ1) is 8.06. The maximum Gasteiger partial charge on any atom is 0.326 e. The van der Waals surface area contributed by atoms with Gasteiger partial charge in [-0.25, -0.2) is 4.79 Å². The molecular formula is C12H23N3O2. The summed E-state index contributed by atoms with van der Waals surface area (Å²) in [6.07, 6.45) is 3.01. The van der Waals surface area contributed by atoms with E-state index in [0.29, 0.717) is 12.6 Å². The zero-order valence-electron chi connectivity index (χ0n) is 11.0. The molecule has 1 fully saturated rings. The highest BCUT2D eigenvalue weighted by atomic mass is 16.2. The molecule has 0 aromatic rings. The smallest absolute Gasteiger partial charge is 0.318 e.